The molecule has 0 heterocycles. The Bertz CT molecular complexity index is 129. The first-order chi connectivity index (χ1) is 4.43. The summed E-state index contributed by atoms with van der Waals surface area (Å²) in [6.07, 6.45) is 11.3. The molecule has 0 spiro atoms. The second kappa shape index (κ2) is 3.49. The van der Waals surface area contributed by atoms with Gasteiger partial charge in [0, 0.05) is 0 Å². The van der Waals surface area contributed by atoms with E-state index < -0.39 is 0 Å². The van der Waals surface area contributed by atoms with Gasteiger partial charge in [0.05, 0.1) is 0 Å². The summed E-state index contributed by atoms with van der Waals surface area (Å²) < 4.78 is 0. The van der Waals surface area contributed by atoms with Gasteiger partial charge in [-0.3, -0.25) is 0 Å². The predicted octanol–water partition coefficient (Wildman–Crippen LogP) is 2.88. The van der Waals surface area contributed by atoms with Crippen LogP contribution in [-0.4, -0.2) is 0 Å². The average molecular weight is 121 g/mol. The number of rotatable bonds is 3. The van der Waals surface area contributed by atoms with Gasteiger partial charge in [0.15, 0.2) is 0 Å². The van der Waals surface area contributed by atoms with Gasteiger partial charge in [-0.25, -0.2) is 0 Å². The van der Waals surface area contributed by atoms with E-state index in [0.717, 1.165) is 6.42 Å². The number of unbranched alkanes of at least 4 members (excludes halogenated alkanes) is 1. The number of hydrogen-bond donors (Lipinski definition) is 0. The zero-order valence-electron chi connectivity index (χ0n) is 5.77. The summed E-state index contributed by atoms with van der Waals surface area (Å²) in [5.41, 5.74) is 1.57. The maximum Gasteiger partial charge on any atom is -0.0133 e. The second-order valence-corrected chi connectivity index (χ2v) is 2.41. The van der Waals surface area contributed by atoms with Gasteiger partial charge in [0.2, 0.25) is 0 Å². The summed E-state index contributed by atoms with van der Waals surface area (Å²) in [6, 6.07) is 0. The SMILES string of the molecule is [CH2]CCCC1=CC=CC1. The Balaban J connectivity index is 2.14. The van der Waals surface area contributed by atoms with Crippen molar-refractivity contribution in [3.63, 3.8) is 0 Å². The normalized spacial score (nSPS) is 16.3. The lowest BCUT2D eigenvalue weighted by molar-refractivity contribution is 0.819. The Morgan fingerprint density at radius 2 is 2.44 bits per heavy atom. The van der Waals surface area contributed by atoms with Gasteiger partial charge < -0.3 is 0 Å². The first-order valence-corrected chi connectivity index (χ1v) is 3.57. The third-order valence-electron chi connectivity index (χ3n) is 1.60. The lowest BCUT2D eigenvalue weighted by Gasteiger charge is -1.96. The van der Waals surface area contributed by atoms with E-state index in [1.54, 1.807) is 5.57 Å². The van der Waals surface area contributed by atoms with Gasteiger partial charge in [0.1, 0.15) is 0 Å². The van der Waals surface area contributed by atoms with Crippen molar-refractivity contribution in [3.8, 4) is 0 Å². The largest absolute Gasteiger partial charge is 0.0805 e. The quantitative estimate of drug-likeness (QED) is 0.538. The van der Waals surface area contributed by atoms with Crippen molar-refractivity contribution in [3.05, 3.63) is 30.7 Å². The Morgan fingerprint density at radius 3 is 3.00 bits per heavy atom. The smallest absolute Gasteiger partial charge is 0.0133 e. The third kappa shape index (κ3) is 2.05. The van der Waals surface area contributed by atoms with Crippen molar-refractivity contribution in [2.24, 2.45) is 0 Å². The zero-order valence-corrected chi connectivity index (χ0v) is 5.77. The van der Waals surface area contributed by atoms with E-state index in [0.29, 0.717) is 0 Å². The van der Waals surface area contributed by atoms with Gasteiger partial charge in [-0.1, -0.05) is 37.1 Å². The molecule has 0 amide bonds. The second-order valence-electron chi connectivity index (χ2n) is 2.41. The van der Waals surface area contributed by atoms with Crippen LogP contribution in [0.3, 0.4) is 0 Å². The molecule has 0 unspecified atom stereocenters. The molecule has 0 saturated heterocycles. The van der Waals surface area contributed by atoms with Crippen LogP contribution in [0.4, 0.5) is 0 Å². The Hall–Kier alpha value is -0.520. The highest BCUT2D eigenvalue weighted by molar-refractivity contribution is 5.22. The highest BCUT2D eigenvalue weighted by atomic mass is 14.0. The molecule has 0 aromatic carbocycles. The first kappa shape index (κ1) is 6.60. The summed E-state index contributed by atoms with van der Waals surface area (Å²) in [4.78, 5) is 0. The van der Waals surface area contributed by atoms with Crippen LogP contribution in [0.5, 0.6) is 0 Å². The van der Waals surface area contributed by atoms with Gasteiger partial charge >= 0.3 is 0 Å². The molecule has 49 valence electrons. The van der Waals surface area contributed by atoms with Crippen molar-refractivity contribution in [2.45, 2.75) is 25.7 Å². The molecule has 1 aliphatic rings. The van der Waals surface area contributed by atoms with E-state index in [2.05, 4.69) is 25.2 Å². The molecular weight excluding hydrogens is 108 g/mol. The van der Waals surface area contributed by atoms with Gasteiger partial charge in [-0.2, -0.15) is 0 Å². The topological polar surface area (TPSA) is 0 Å². The minimum Gasteiger partial charge on any atom is -0.0805 e. The fourth-order valence-corrected chi connectivity index (χ4v) is 1.03. The van der Waals surface area contributed by atoms with Crippen LogP contribution in [0, 0.1) is 6.92 Å². The fraction of sp³-hybridized carbons (Fsp3) is 0.444. The van der Waals surface area contributed by atoms with Gasteiger partial charge in [0.25, 0.3) is 0 Å². The lowest BCUT2D eigenvalue weighted by Crippen LogP contribution is -1.77. The minimum absolute atomic E-state index is 1.07. The zero-order chi connectivity index (χ0) is 6.53. The van der Waals surface area contributed by atoms with Crippen LogP contribution < -0.4 is 0 Å². The summed E-state index contributed by atoms with van der Waals surface area (Å²) in [5.74, 6) is 0. The van der Waals surface area contributed by atoms with Crippen molar-refractivity contribution in [1.29, 1.82) is 0 Å². The number of hydrogen-bond acceptors (Lipinski definition) is 0. The van der Waals surface area contributed by atoms with Gasteiger partial charge in [-0.05, 0) is 19.3 Å². The third-order valence-corrected chi connectivity index (χ3v) is 1.60. The highest BCUT2D eigenvalue weighted by Crippen LogP contribution is 2.16. The van der Waals surface area contributed by atoms with E-state index >= 15 is 0 Å². The molecule has 0 bridgehead atoms. The molecular formula is C9H13. The molecule has 0 nitrogen and oxygen atoms in total. The van der Waals surface area contributed by atoms with Crippen LogP contribution in [-0.2, 0) is 0 Å². The van der Waals surface area contributed by atoms with Gasteiger partial charge in [-0.15, -0.1) is 0 Å². The monoisotopic (exact) mass is 121 g/mol. The molecule has 1 aliphatic carbocycles. The fourth-order valence-electron chi connectivity index (χ4n) is 1.03. The van der Waals surface area contributed by atoms with Crippen LogP contribution >= 0.6 is 0 Å². The predicted molar refractivity (Wildman–Crippen MR) is 41.0 cm³/mol. The van der Waals surface area contributed by atoms with E-state index in [9.17, 15) is 0 Å². The molecule has 0 heteroatoms. The van der Waals surface area contributed by atoms with Crippen LogP contribution in [0.1, 0.15) is 25.7 Å². The summed E-state index contributed by atoms with van der Waals surface area (Å²) in [7, 11) is 0. The Morgan fingerprint density at radius 1 is 1.56 bits per heavy atom. The number of allylic oxidation sites excluding steroid dienone is 4. The molecule has 0 N–H and O–H groups in total. The van der Waals surface area contributed by atoms with Crippen molar-refractivity contribution < 1.29 is 0 Å². The van der Waals surface area contributed by atoms with Crippen LogP contribution in [0.15, 0.2) is 23.8 Å². The summed E-state index contributed by atoms with van der Waals surface area (Å²) in [5, 5.41) is 0. The minimum atomic E-state index is 1.07. The van der Waals surface area contributed by atoms with Crippen molar-refractivity contribution in [1.82, 2.24) is 0 Å². The van der Waals surface area contributed by atoms with E-state index in [1.807, 2.05) is 0 Å². The Labute approximate surface area is 57.3 Å². The highest BCUT2D eigenvalue weighted by Gasteiger charge is 1.96. The molecule has 0 aromatic rings. The molecule has 0 atom stereocenters. The molecule has 1 rings (SSSR count). The van der Waals surface area contributed by atoms with Crippen LogP contribution in [0.2, 0.25) is 0 Å². The van der Waals surface area contributed by atoms with Crippen molar-refractivity contribution in [2.75, 3.05) is 0 Å². The van der Waals surface area contributed by atoms with E-state index in [-0.39, 0.29) is 0 Å². The van der Waals surface area contributed by atoms with Crippen molar-refractivity contribution >= 4 is 0 Å². The Kier molecular flexibility index (Phi) is 2.56. The lowest BCUT2D eigenvalue weighted by atomic mass is 10.1. The maximum absolute atomic E-state index is 3.80. The first-order valence-electron chi connectivity index (χ1n) is 3.57. The molecule has 0 aliphatic heterocycles. The molecule has 0 aromatic heterocycles. The molecule has 9 heavy (non-hydrogen) atoms. The molecule has 0 fully saturated rings. The molecule has 1 radical (unpaired) electrons. The van der Waals surface area contributed by atoms with Crippen LogP contribution in [0.25, 0.3) is 0 Å². The maximum atomic E-state index is 3.80. The summed E-state index contributed by atoms with van der Waals surface area (Å²) >= 11 is 0. The van der Waals surface area contributed by atoms with E-state index in [1.165, 1.54) is 19.3 Å². The summed E-state index contributed by atoms with van der Waals surface area (Å²) in [6.45, 7) is 3.80. The average Bonchev–Trinajstić information content (AvgIpc) is 2.34. The molecule has 0 saturated carbocycles. The van der Waals surface area contributed by atoms with E-state index in [4.69, 9.17) is 0 Å². The standard InChI is InChI=1S/C9H13/c1-2-3-6-9-7-4-5-8-9/h4-5,7H,1-3,6,8H2.